The van der Waals surface area contributed by atoms with Crippen molar-refractivity contribution in [2.75, 3.05) is 19.1 Å². The van der Waals surface area contributed by atoms with Gasteiger partial charge in [-0.2, -0.15) is 0 Å². The lowest BCUT2D eigenvalue weighted by Crippen LogP contribution is -2.43. The summed E-state index contributed by atoms with van der Waals surface area (Å²) >= 11 is 0. The molecule has 0 saturated heterocycles. The van der Waals surface area contributed by atoms with Crippen LogP contribution in [-0.2, 0) is 6.54 Å². The quantitative estimate of drug-likeness (QED) is 0.729. The standard InChI is InChI=1S/C21H22N4O3/c1-14(15-8-4-3-5-9-15)24-12-16-19(22-13-24)25(21(27)23-20(16)26)17-10-6-7-11-18(17)28-2/h3-11,14,22H,12-13H2,1-2H3,(H,23,26,27). The van der Waals surface area contributed by atoms with Gasteiger partial charge in [0.25, 0.3) is 5.56 Å². The van der Waals surface area contributed by atoms with Gasteiger partial charge in [0, 0.05) is 12.6 Å². The third-order valence-corrected chi connectivity index (χ3v) is 5.17. The molecule has 0 spiro atoms. The predicted molar refractivity (Wildman–Crippen MR) is 108 cm³/mol. The molecule has 7 nitrogen and oxygen atoms in total. The van der Waals surface area contributed by atoms with Crippen LogP contribution in [-0.4, -0.2) is 28.2 Å². The molecule has 2 N–H and O–H groups in total. The van der Waals surface area contributed by atoms with Crippen molar-refractivity contribution in [2.24, 2.45) is 0 Å². The van der Waals surface area contributed by atoms with E-state index in [-0.39, 0.29) is 11.6 Å². The van der Waals surface area contributed by atoms with Crippen molar-refractivity contribution in [3.8, 4) is 11.4 Å². The summed E-state index contributed by atoms with van der Waals surface area (Å²) < 4.78 is 6.88. The molecule has 0 aliphatic carbocycles. The Balaban J connectivity index is 1.78. The highest BCUT2D eigenvalue weighted by molar-refractivity contribution is 5.56. The lowest BCUT2D eigenvalue weighted by atomic mass is 10.1. The largest absolute Gasteiger partial charge is 0.495 e. The summed E-state index contributed by atoms with van der Waals surface area (Å²) in [4.78, 5) is 29.8. The van der Waals surface area contributed by atoms with E-state index in [4.69, 9.17) is 4.74 Å². The van der Waals surface area contributed by atoms with Crippen LogP contribution < -0.4 is 21.3 Å². The molecule has 0 radical (unpaired) electrons. The van der Waals surface area contributed by atoms with E-state index in [1.165, 1.54) is 10.1 Å². The topological polar surface area (TPSA) is 79.4 Å². The number of para-hydroxylation sites is 2. The summed E-state index contributed by atoms with van der Waals surface area (Å²) in [5.41, 5.74) is 1.41. The number of hydrogen-bond acceptors (Lipinski definition) is 5. The number of fused-ring (bicyclic) bond motifs is 1. The number of methoxy groups -OCH3 is 1. The van der Waals surface area contributed by atoms with Gasteiger partial charge in [-0.1, -0.05) is 42.5 Å². The van der Waals surface area contributed by atoms with Crippen LogP contribution in [0, 0.1) is 0 Å². The number of H-pyrrole nitrogens is 1. The number of benzene rings is 2. The second kappa shape index (κ2) is 7.36. The molecule has 1 aliphatic heterocycles. The van der Waals surface area contributed by atoms with Crippen LogP contribution in [0.2, 0.25) is 0 Å². The number of anilines is 1. The molecule has 0 amide bonds. The highest BCUT2D eigenvalue weighted by atomic mass is 16.5. The minimum atomic E-state index is -0.495. The average Bonchev–Trinajstić information content (AvgIpc) is 2.74. The van der Waals surface area contributed by atoms with E-state index in [2.05, 4.69) is 34.3 Å². The van der Waals surface area contributed by atoms with E-state index in [0.29, 0.717) is 36.0 Å². The molecule has 1 unspecified atom stereocenters. The van der Waals surface area contributed by atoms with Crippen molar-refractivity contribution in [3.63, 3.8) is 0 Å². The van der Waals surface area contributed by atoms with Crippen molar-refractivity contribution in [2.45, 2.75) is 19.5 Å². The van der Waals surface area contributed by atoms with Crippen LogP contribution in [0.25, 0.3) is 5.69 Å². The first kappa shape index (κ1) is 18.1. The highest BCUT2D eigenvalue weighted by Crippen LogP contribution is 2.29. The van der Waals surface area contributed by atoms with Gasteiger partial charge in [0.2, 0.25) is 0 Å². The maximum atomic E-state index is 12.6. The lowest BCUT2D eigenvalue weighted by molar-refractivity contribution is 0.207. The number of aromatic nitrogens is 2. The minimum absolute atomic E-state index is 0.118. The average molecular weight is 378 g/mol. The number of hydrogen-bond donors (Lipinski definition) is 2. The molecule has 28 heavy (non-hydrogen) atoms. The second-order valence-electron chi connectivity index (χ2n) is 6.76. The number of rotatable bonds is 4. The van der Waals surface area contributed by atoms with E-state index >= 15 is 0 Å². The van der Waals surface area contributed by atoms with E-state index in [9.17, 15) is 9.59 Å². The highest BCUT2D eigenvalue weighted by Gasteiger charge is 2.27. The van der Waals surface area contributed by atoms with Gasteiger partial charge in [-0.25, -0.2) is 9.36 Å². The Kier molecular flexibility index (Phi) is 4.75. The van der Waals surface area contributed by atoms with Gasteiger partial charge in [0.15, 0.2) is 0 Å². The molecule has 0 bridgehead atoms. The Bertz CT molecular complexity index is 1100. The predicted octanol–water partition coefficient (Wildman–Crippen LogP) is 2.48. The normalized spacial score (nSPS) is 14.8. The van der Waals surface area contributed by atoms with Gasteiger partial charge >= 0.3 is 5.69 Å². The molecule has 3 aromatic rings. The lowest BCUT2D eigenvalue weighted by Gasteiger charge is -2.35. The molecule has 2 heterocycles. The van der Waals surface area contributed by atoms with Gasteiger partial charge in [0.1, 0.15) is 11.6 Å². The Labute approximate surface area is 162 Å². The Morgan fingerprint density at radius 1 is 1.04 bits per heavy atom. The van der Waals surface area contributed by atoms with Crippen LogP contribution in [0.1, 0.15) is 24.1 Å². The van der Waals surface area contributed by atoms with Crippen LogP contribution in [0.15, 0.2) is 64.2 Å². The number of aromatic amines is 1. The molecule has 0 fully saturated rings. The van der Waals surface area contributed by atoms with Gasteiger partial charge < -0.3 is 10.1 Å². The zero-order chi connectivity index (χ0) is 19.7. The van der Waals surface area contributed by atoms with Gasteiger partial charge in [-0.15, -0.1) is 0 Å². The van der Waals surface area contributed by atoms with E-state index in [1.807, 2.05) is 30.3 Å². The molecule has 1 aliphatic rings. The number of nitrogens with one attached hydrogen (secondary N) is 2. The van der Waals surface area contributed by atoms with E-state index in [1.54, 1.807) is 19.2 Å². The summed E-state index contributed by atoms with van der Waals surface area (Å²) in [6, 6.07) is 17.5. The number of ether oxygens (including phenoxy) is 1. The number of nitrogens with zero attached hydrogens (tertiary/aromatic N) is 2. The van der Waals surface area contributed by atoms with Crippen molar-refractivity contribution in [1.29, 1.82) is 0 Å². The van der Waals surface area contributed by atoms with Gasteiger partial charge in [0.05, 0.1) is 25.0 Å². The Morgan fingerprint density at radius 2 is 1.75 bits per heavy atom. The summed E-state index contributed by atoms with van der Waals surface area (Å²) in [6.45, 7) is 3.05. The molecule has 7 heteroatoms. The molecule has 144 valence electrons. The SMILES string of the molecule is COc1ccccc1-n1c2c(c(=O)[nH]c1=O)CN(C(C)c1ccccc1)CN2. The third-order valence-electron chi connectivity index (χ3n) is 5.17. The first-order valence-electron chi connectivity index (χ1n) is 9.14. The van der Waals surface area contributed by atoms with Crippen LogP contribution in [0.5, 0.6) is 5.75 Å². The zero-order valence-corrected chi connectivity index (χ0v) is 15.8. The first-order valence-corrected chi connectivity index (χ1v) is 9.14. The minimum Gasteiger partial charge on any atom is -0.495 e. The molecular weight excluding hydrogens is 356 g/mol. The maximum absolute atomic E-state index is 12.6. The summed E-state index contributed by atoms with van der Waals surface area (Å²) in [5, 5.41) is 3.28. The Morgan fingerprint density at radius 3 is 2.50 bits per heavy atom. The molecule has 2 aromatic carbocycles. The maximum Gasteiger partial charge on any atom is 0.334 e. The van der Waals surface area contributed by atoms with Crippen molar-refractivity contribution in [3.05, 3.63) is 86.6 Å². The van der Waals surface area contributed by atoms with E-state index in [0.717, 1.165) is 0 Å². The fraction of sp³-hybridized carbons (Fsp3) is 0.238. The summed E-state index contributed by atoms with van der Waals surface area (Å²) in [7, 11) is 1.55. The fourth-order valence-electron chi connectivity index (χ4n) is 3.60. The second-order valence-corrected chi connectivity index (χ2v) is 6.76. The monoisotopic (exact) mass is 378 g/mol. The molecule has 1 aromatic heterocycles. The third kappa shape index (κ3) is 3.10. The van der Waals surface area contributed by atoms with Crippen LogP contribution >= 0.6 is 0 Å². The summed E-state index contributed by atoms with van der Waals surface area (Å²) in [6.07, 6.45) is 0. The van der Waals surface area contributed by atoms with E-state index < -0.39 is 5.69 Å². The van der Waals surface area contributed by atoms with Gasteiger partial charge in [-0.05, 0) is 24.6 Å². The van der Waals surface area contributed by atoms with Crippen LogP contribution in [0.4, 0.5) is 5.82 Å². The summed E-state index contributed by atoms with van der Waals surface area (Å²) in [5.74, 6) is 1.07. The van der Waals surface area contributed by atoms with Crippen molar-refractivity contribution in [1.82, 2.24) is 14.5 Å². The van der Waals surface area contributed by atoms with Gasteiger partial charge in [-0.3, -0.25) is 14.7 Å². The van der Waals surface area contributed by atoms with Crippen molar-refractivity contribution >= 4 is 5.82 Å². The van der Waals surface area contributed by atoms with Crippen molar-refractivity contribution < 1.29 is 4.74 Å². The zero-order valence-electron chi connectivity index (χ0n) is 15.8. The van der Waals surface area contributed by atoms with Crippen LogP contribution in [0.3, 0.4) is 0 Å². The fourth-order valence-corrected chi connectivity index (χ4v) is 3.60. The molecule has 0 saturated carbocycles. The Hall–Kier alpha value is -3.32. The molecule has 1 atom stereocenters. The molecular formula is C21H22N4O3. The first-order chi connectivity index (χ1) is 13.6. The molecule has 4 rings (SSSR count). The smallest absolute Gasteiger partial charge is 0.334 e.